The van der Waals surface area contributed by atoms with E-state index in [-0.39, 0.29) is 10.9 Å². The fourth-order valence-corrected chi connectivity index (χ4v) is 7.92. The van der Waals surface area contributed by atoms with Gasteiger partial charge < -0.3 is 19.4 Å². The highest BCUT2D eigenvalue weighted by Crippen LogP contribution is 2.40. The highest BCUT2D eigenvalue weighted by molar-refractivity contribution is 7.90. The lowest BCUT2D eigenvalue weighted by Gasteiger charge is -2.45. The van der Waals surface area contributed by atoms with Crippen molar-refractivity contribution in [3.05, 3.63) is 52.5 Å². The highest BCUT2D eigenvalue weighted by atomic mass is 35.5. The molecule has 10 heteroatoms. The van der Waals surface area contributed by atoms with E-state index < -0.39 is 16.1 Å². The van der Waals surface area contributed by atoms with Crippen molar-refractivity contribution in [1.29, 1.82) is 0 Å². The van der Waals surface area contributed by atoms with E-state index in [1.807, 2.05) is 18.2 Å². The Balaban J connectivity index is 1.38. The first-order valence-corrected chi connectivity index (χ1v) is 16.4. The van der Waals surface area contributed by atoms with E-state index in [9.17, 15) is 13.2 Å². The molecule has 216 valence electrons. The van der Waals surface area contributed by atoms with E-state index in [1.54, 1.807) is 30.1 Å². The first-order valence-electron chi connectivity index (χ1n) is 14.6. The molecule has 2 atom stereocenters. The van der Waals surface area contributed by atoms with Crippen LogP contribution >= 0.6 is 11.6 Å². The maximum atomic E-state index is 13.5. The molecule has 2 aromatic carbocycles. The number of ether oxygens (including phenoxy) is 1. The maximum Gasteiger partial charge on any atom is 0.331 e. The Labute approximate surface area is 242 Å². The number of benzene rings is 2. The highest BCUT2D eigenvalue weighted by Gasteiger charge is 2.36. The second kappa shape index (κ2) is 11.4. The summed E-state index contributed by atoms with van der Waals surface area (Å²) in [6.45, 7) is 5.01. The zero-order chi connectivity index (χ0) is 27.9. The Morgan fingerprint density at radius 3 is 2.48 bits per heavy atom. The zero-order valence-corrected chi connectivity index (χ0v) is 24.7. The second-order valence-electron chi connectivity index (χ2n) is 11.9. The predicted molar refractivity (Wildman–Crippen MR) is 157 cm³/mol. The number of hydrogen-bond donors (Lipinski definition) is 1. The van der Waals surface area contributed by atoms with Gasteiger partial charge in [0.05, 0.1) is 10.6 Å². The van der Waals surface area contributed by atoms with Gasteiger partial charge in [0, 0.05) is 50.8 Å². The normalized spacial score (nSPS) is 28.7. The summed E-state index contributed by atoms with van der Waals surface area (Å²) < 4.78 is 35.6. The number of nitrogens with one attached hydrogen (secondary N) is 1. The van der Waals surface area contributed by atoms with Crippen LogP contribution in [0.1, 0.15) is 49.7 Å². The Hall–Kier alpha value is -2.49. The van der Waals surface area contributed by atoms with Gasteiger partial charge in [0.2, 0.25) is 0 Å². The number of rotatable bonds is 0. The lowest BCUT2D eigenvalue weighted by atomic mass is 9.72. The van der Waals surface area contributed by atoms with Crippen LogP contribution < -0.4 is 14.4 Å². The predicted octanol–water partition coefficient (Wildman–Crippen LogP) is 4.90. The molecular weight excluding hydrogens is 548 g/mol. The third-order valence-corrected chi connectivity index (χ3v) is 11.0. The number of aryl methyl sites for hydroxylation is 1. The van der Waals surface area contributed by atoms with Crippen LogP contribution in [0.2, 0.25) is 5.02 Å². The van der Waals surface area contributed by atoms with Crippen molar-refractivity contribution in [2.75, 3.05) is 44.7 Å². The third kappa shape index (κ3) is 5.78. The molecule has 0 spiro atoms. The number of amides is 2. The van der Waals surface area contributed by atoms with Crippen molar-refractivity contribution in [3.63, 3.8) is 0 Å². The van der Waals surface area contributed by atoms with Crippen molar-refractivity contribution in [2.45, 2.75) is 62.5 Å². The molecule has 1 saturated carbocycles. The van der Waals surface area contributed by atoms with Crippen LogP contribution in [0.15, 0.2) is 41.3 Å². The van der Waals surface area contributed by atoms with Crippen LogP contribution in [0, 0.1) is 11.8 Å². The molecular formula is C30H39ClN4O4S. The monoisotopic (exact) mass is 586 g/mol. The second-order valence-corrected chi connectivity index (χ2v) is 14.0. The lowest BCUT2D eigenvalue weighted by Crippen LogP contribution is -2.51. The number of carbonyl (C=O) groups is 1. The van der Waals surface area contributed by atoms with Gasteiger partial charge in [0.25, 0.3) is 10.0 Å². The molecule has 5 aliphatic rings. The van der Waals surface area contributed by atoms with Crippen LogP contribution in [0.5, 0.6) is 5.75 Å². The molecule has 2 amide bonds. The number of piperidine rings is 1. The molecule has 4 bridgehead atoms. The van der Waals surface area contributed by atoms with E-state index in [4.69, 9.17) is 16.3 Å². The van der Waals surface area contributed by atoms with Gasteiger partial charge in [-0.05, 0) is 98.2 Å². The first-order chi connectivity index (χ1) is 19.3. The van der Waals surface area contributed by atoms with Gasteiger partial charge >= 0.3 is 6.03 Å². The topological polar surface area (TPSA) is 82.2 Å². The van der Waals surface area contributed by atoms with Gasteiger partial charge in [-0.3, -0.25) is 0 Å². The summed E-state index contributed by atoms with van der Waals surface area (Å²) in [5, 5.41) is 0.725. The molecule has 1 N–H and O–H groups in total. The number of halogens is 1. The van der Waals surface area contributed by atoms with Crippen molar-refractivity contribution in [2.24, 2.45) is 11.8 Å². The van der Waals surface area contributed by atoms with Crippen molar-refractivity contribution in [1.82, 2.24) is 14.5 Å². The number of urea groups is 1. The van der Waals surface area contributed by atoms with E-state index in [1.165, 1.54) is 18.4 Å². The standard InChI is InChI=1S/C30H39ClN4O4S/c1-33-26-11-14-34(15-12-26)18-22-5-6-23(22)19-35-13-3-2-4-21-16-25(31)8-7-24(21)20-39-29-10-9-27(17-28(29)35)40(37,38)32-30(33)36/h7-10,16-17,22-23,26H,2-6,11-15,18-20H2,1H3,(H,32,36)/t22-,23-/m0/s1. The van der Waals surface area contributed by atoms with E-state index >= 15 is 0 Å². The smallest absolute Gasteiger partial charge is 0.331 e. The van der Waals surface area contributed by atoms with Crippen molar-refractivity contribution in [3.8, 4) is 5.75 Å². The maximum absolute atomic E-state index is 13.5. The van der Waals surface area contributed by atoms with Crippen molar-refractivity contribution < 1.29 is 17.9 Å². The molecule has 7 rings (SSSR count). The quantitative estimate of drug-likeness (QED) is 0.473. The number of fused-ring (bicyclic) bond motifs is 6. The summed E-state index contributed by atoms with van der Waals surface area (Å²) in [6, 6.07) is 10.4. The Morgan fingerprint density at radius 1 is 0.925 bits per heavy atom. The van der Waals surface area contributed by atoms with Crippen LogP contribution in [0.4, 0.5) is 10.5 Å². The lowest BCUT2D eigenvalue weighted by molar-refractivity contribution is 0.0796. The molecule has 8 nitrogen and oxygen atoms in total. The van der Waals surface area contributed by atoms with Crippen LogP contribution in [0.3, 0.4) is 0 Å². The van der Waals surface area contributed by atoms with Gasteiger partial charge in [-0.1, -0.05) is 17.7 Å². The number of nitrogens with zero attached hydrogens (tertiary/aromatic N) is 3. The molecule has 4 aliphatic heterocycles. The summed E-state index contributed by atoms with van der Waals surface area (Å²) in [6.07, 6.45) is 7.03. The van der Waals surface area contributed by atoms with Crippen molar-refractivity contribution >= 4 is 33.3 Å². The van der Waals surface area contributed by atoms with E-state index in [0.717, 1.165) is 81.1 Å². The summed E-state index contributed by atoms with van der Waals surface area (Å²) in [4.78, 5) is 19.6. The fourth-order valence-electron chi connectivity index (χ4n) is 6.72. The summed E-state index contributed by atoms with van der Waals surface area (Å²) in [5.74, 6) is 1.85. The van der Waals surface area contributed by atoms with Crippen LogP contribution in [0.25, 0.3) is 0 Å². The SMILES string of the molecule is CN1C(=O)NS(=O)(=O)c2ccc3c(c2)N(CCCCc2cc(Cl)ccc2CO3)C[C@@H]2CC[C@H]2CN2CCC1CC2. The van der Waals surface area contributed by atoms with Gasteiger partial charge in [-0.25, -0.2) is 17.9 Å². The largest absolute Gasteiger partial charge is 0.487 e. The molecule has 4 heterocycles. The molecule has 0 unspecified atom stereocenters. The van der Waals surface area contributed by atoms with Crippen LogP contribution in [-0.2, 0) is 23.1 Å². The molecule has 1 saturated heterocycles. The first kappa shape index (κ1) is 27.7. The Kier molecular flexibility index (Phi) is 7.90. The fraction of sp³-hybridized carbons (Fsp3) is 0.567. The average Bonchev–Trinajstić information content (AvgIpc) is 2.96. The molecule has 0 radical (unpaired) electrons. The molecule has 2 aromatic rings. The minimum Gasteiger partial charge on any atom is -0.487 e. The molecule has 1 aliphatic carbocycles. The van der Waals surface area contributed by atoms with Gasteiger partial charge in [0.1, 0.15) is 12.4 Å². The number of anilines is 1. The number of sulfonamides is 1. The van der Waals surface area contributed by atoms with E-state index in [0.29, 0.717) is 24.2 Å². The molecule has 40 heavy (non-hydrogen) atoms. The average molecular weight is 587 g/mol. The van der Waals surface area contributed by atoms with Gasteiger partial charge in [0.15, 0.2) is 0 Å². The van der Waals surface area contributed by atoms with Gasteiger partial charge in [-0.2, -0.15) is 0 Å². The minimum atomic E-state index is -4.07. The number of hydrogen-bond acceptors (Lipinski definition) is 6. The zero-order valence-electron chi connectivity index (χ0n) is 23.1. The van der Waals surface area contributed by atoms with Crippen LogP contribution in [-0.4, -0.2) is 70.1 Å². The third-order valence-electron chi connectivity index (χ3n) is 9.43. The number of carbonyl (C=O) groups excluding carboxylic acids is 1. The molecule has 2 fully saturated rings. The van der Waals surface area contributed by atoms with E-state index in [2.05, 4.69) is 14.5 Å². The van der Waals surface area contributed by atoms with Gasteiger partial charge in [-0.15, -0.1) is 0 Å². The summed E-state index contributed by atoms with van der Waals surface area (Å²) in [7, 11) is -2.37. The minimum absolute atomic E-state index is 0.0330. The molecule has 0 aromatic heterocycles. The Morgan fingerprint density at radius 2 is 1.70 bits per heavy atom. The summed E-state index contributed by atoms with van der Waals surface area (Å²) in [5.41, 5.74) is 3.07. The summed E-state index contributed by atoms with van der Waals surface area (Å²) >= 11 is 6.31. The Bertz CT molecular complexity index is 1360.